The van der Waals surface area contributed by atoms with E-state index in [0.717, 1.165) is 16.9 Å². The van der Waals surface area contributed by atoms with Crippen LogP contribution in [0, 0.1) is 26.2 Å². The lowest BCUT2D eigenvalue weighted by Gasteiger charge is -2.20. The maximum absolute atomic E-state index is 11.0. The van der Waals surface area contributed by atoms with Crippen LogP contribution in [0.15, 0.2) is 12.1 Å². The summed E-state index contributed by atoms with van der Waals surface area (Å²) >= 11 is 0. The van der Waals surface area contributed by atoms with E-state index in [1.54, 1.807) is 13.8 Å². The standard InChI is InChI=1S/C14H20O3/c1-9-6-12(7-10(2)11(9)3)17-8-14(4,5)13(15)16/h6-7H,8H2,1-5H3,(H,15,16). The van der Waals surface area contributed by atoms with Crippen LogP contribution in [-0.4, -0.2) is 17.7 Å². The molecule has 0 aromatic heterocycles. The van der Waals surface area contributed by atoms with Crippen molar-refractivity contribution < 1.29 is 14.6 Å². The lowest BCUT2D eigenvalue weighted by Crippen LogP contribution is -2.30. The second-order valence-corrected chi connectivity index (χ2v) is 5.16. The Labute approximate surface area is 102 Å². The molecule has 0 saturated heterocycles. The molecule has 0 amide bonds. The summed E-state index contributed by atoms with van der Waals surface area (Å²) in [6.07, 6.45) is 0. The lowest BCUT2D eigenvalue weighted by atomic mass is 9.95. The highest BCUT2D eigenvalue weighted by Gasteiger charge is 2.28. The zero-order valence-electron chi connectivity index (χ0n) is 11.1. The van der Waals surface area contributed by atoms with Gasteiger partial charge in [0.1, 0.15) is 12.4 Å². The minimum absolute atomic E-state index is 0.171. The van der Waals surface area contributed by atoms with Crippen molar-refractivity contribution in [3.05, 3.63) is 28.8 Å². The summed E-state index contributed by atoms with van der Waals surface area (Å²) < 4.78 is 5.57. The molecule has 17 heavy (non-hydrogen) atoms. The Hall–Kier alpha value is -1.51. The fourth-order valence-corrected chi connectivity index (χ4v) is 1.40. The van der Waals surface area contributed by atoms with Gasteiger partial charge in [-0.25, -0.2) is 0 Å². The highest BCUT2D eigenvalue weighted by Crippen LogP contribution is 2.23. The summed E-state index contributed by atoms with van der Waals surface area (Å²) in [5.41, 5.74) is 2.70. The largest absolute Gasteiger partial charge is 0.492 e. The first-order chi connectivity index (χ1) is 7.74. The monoisotopic (exact) mass is 236 g/mol. The van der Waals surface area contributed by atoms with Crippen molar-refractivity contribution in [2.45, 2.75) is 34.6 Å². The van der Waals surface area contributed by atoms with Crippen LogP contribution in [0.25, 0.3) is 0 Å². The van der Waals surface area contributed by atoms with E-state index in [9.17, 15) is 4.79 Å². The number of ether oxygens (including phenoxy) is 1. The van der Waals surface area contributed by atoms with Crippen molar-refractivity contribution in [3.63, 3.8) is 0 Å². The van der Waals surface area contributed by atoms with Gasteiger partial charge in [-0.15, -0.1) is 0 Å². The molecule has 1 aromatic carbocycles. The molecule has 0 radical (unpaired) electrons. The van der Waals surface area contributed by atoms with Crippen LogP contribution < -0.4 is 4.74 Å². The van der Waals surface area contributed by atoms with Gasteiger partial charge in [-0.2, -0.15) is 0 Å². The van der Waals surface area contributed by atoms with Gasteiger partial charge in [0.15, 0.2) is 0 Å². The maximum Gasteiger partial charge on any atom is 0.312 e. The molecule has 0 unspecified atom stereocenters. The molecule has 94 valence electrons. The van der Waals surface area contributed by atoms with E-state index in [1.807, 2.05) is 26.0 Å². The van der Waals surface area contributed by atoms with Gasteiger partial charge >= 0.3 is 5.97 Å². The molecule has 0 aliphatic carbocycles. The first-order valence-electron chi connectivity index (χ1n) is 5.68. The number of hydrogen-bond donors (Lipinski definition) is 1. The summed E-state index contributed by atoms with van der Waals surface area (Å²) in [5.74, 6) is -0.113. The minimum Gasteiger partial charge on any atom is -0.492 e. The van der Waals surface area contributed by atoms with Crippen molar-refractivity contribution in [2.75, 3.05) is 6.61 Å². The molecule has 0 fully saturated rings. The highest BCUT2D eigenvalue weighted by atomic mass is 16.5. The number of carboxylic acids is 1. The molecule has 0 bridgehead atoms. The van der Waals surface area contributed by atoms with Crippen LogP contribution in [-0.2, 0) is 4.79 Å². The Morgan fingerprint density at radius 1 is 1.24 bits per heavy atom. The molecule has 0 heterocycles. The Morgan fingerprint density at radius 2 is 1.71 bits per heavy atom. The predicted molar refractivity (Wildman–Crippen MR) is 67.6 cm³/mol. The number of hydrogen-bond acceptors (Lipinski definition) is 2. The minimum atomic E-state index is -0.868. The third kappa shape index (κ3) is 3.22. The van der Waals surface area contributed by atoms with Gasteiger partial charge in [0.25, 0.3) is 0 Å². The number of carboxylic acid groups (broad SMARTS) is 1. The van der Waals surface area contributed by atoms with Crippen LogP contribution in [0.4, 0.5) is 0 Å². The molecule has 3 heteroatoms. The van der Waals surface area contributed by atoms with Crippen molar-refractivity contribution >= 4 is 5.97 Å². The van der Waals surface area contributed by atoms with Crippen LogP contribution in [0.1, 0.15) is 30.5 Å². The van der Waals surface area contributed by atoms with Gasteiger partial charge in [0.2, 0.25) is 0 Å². The van der Waals surface area contributed by atoms with Crippen molar-refractivity contribution in [3.8, 4) is 5.75 Å². The second kappa shape index (κ2) is 4.78. The summed E-state index contributed by atoms with van der Waals surface area (Å²) in [5, 5.41) is 8.99. The smallest absolute Gasteiger partial charge is 0.312 e. The molecule has 0 saturated carbocycles. The fourth-order valence-electron chi connectivity index (χ4n) is 1.40. The van der Waals surface area contributed by atoms with Gasteiger partial charge in [-0.1, -0.05) is 0 Å². The molecule has 0 atom stereocenters. The Kier molecular flexibility index (Phi) is 3.81. The third-order valence-electron chi connectivity index (χ3n) is 3.08. The zero-order valence-corrected chi connectivity index (χ0v) is 11.1. The van der Waals surface area contributed by atoms with Crippen LogP contribution in [0.2, 0.25) is 0 Å². The van der Waals surface area contributed by atoms with Gasteiger partial charge < -0.3 is 9.84 Å². The quantitative estimate of drug-likeness (QED) is 0.873. The molecule has 3 nitrogen and oxygen atoms in total. The topological polar surface area (TPSA) is 46.5 Å². The Bertz CT molecular complexity index is 410. The van der Waals surface area contributed by atoms with Crippen molar-refractivity contribution in [2.24, 2.45) is 5.41 Å². The summed E-state index contributed by atoms with van der Waals surface area (Å²) in [7, 11) is 0. The molecular weight excluding hydrogens is 216 g/mol. The molecule has 1 aromatic rings. The zero-order chi connectivity index (χ0) is 13.2. The number of rotatable bonds is 4. The lowest BCUT2D eigenvalue weighted by molar-refractivity contribution is -0.148. The van der Waals surface area contributed by atoms with Crippen molar-refractivity contribution in [1.29, 1.82) is 0 Å². The van der Waals surface area contributed by atoms with E-state index < -0.39 is 11.4 Å². The van der Waals surface area contributed by atoms with Gasteiger partial charge in [0.05, 0.1) is 5.41 Å². The summed E-state index contributed by atoms with van der Waals surface area (Å²) in [4.78, 5) is 11.0. The Morgan fingerprint density at radius 3 is 2.12 bits per heavy atom. The summed E-state index contributed by atoms with van der Waals surface area (Å²) in [6, 6.07) is 3.89. The van der Waals surface area contributed by atoms with E-state index >= 15 is 0 Å². The van der Waals surface area contributed by atoms with Gasteiger partial charge in [-0.05, 0) is 63.4 Å². The van der Waals surface area contributed by atoms with Gasteiger partial charge in [-0.3, -0.25) is 4.79 Å². The normalized spacial score (nSPS) is 11.4. The third-order valence-corrected chi connectivity index (χ3v) is 3.08. The first-order valence-corrected chi connectivity index (χ1v) is 5.68. The number of carbonyl (C=O) groups is 1. The van der Waals surface area contributed by atoms with Crippen LogP contribution in [0.3, 0.4) is 0 Å². The van der Waals surface area contributed by atoms with E-state index in [0.29, 0.717) is 0 Å². The van der Waals surface area contributed by atoms with Gasteiger partial charge in [0, 0.05) is 0 Å². The number of aryl methyl sites for hydroxylation is 2. The Balaban J connectivity index is 2.81. The number of benzene rings is 1. The highest BCUT2D eigenvalue weighted by molar-refractivity contribution is 5.73. The van der Waals surface area contributed by atoms with Crippen LogP contribution >= 0.6 is 0 Å². The average Bonchev–Trinajstić information content (AvgIpc) is 2.22. The molecule has 0 spiro atoms. The molecule has 0 aliphatic rings. The van der Waals surface area contributed by atoms with E-state index in [1.165, 1.54) is 5.56 Å². The maximum atomic E-state index is 11.0. The number of aliphatic carboxylic acids is 1. The van der Waals surface area contributed by atoms with E-state index in [-0.39, 0.29) is 6.61 Å². The predicted octanol–water partition coefficient (Wildman–Crippen LogP) is 3.10. The molecule has 0 aliphatic heterocycles. The van der Waals surface area contributed by atoms with E-state index in [2.05, 4.69) is 6.92 Å². The molecule has 1 rings (SSSR count). The average molecular weight is 236 g/mol. The van der Waals surface area contributed by atoms with E-state index in [4.69, 9.17) is 9.84 Å². The fraction of sp³-hybridized carbons (Fsp3) is 0.500. The summed E-state index contributed by atoms with van der Waals surface area (Å²) in [6.45, 7) is 9.60. The SMILES string of the molecule is Cc1cc(OCC(C)(C)C(=O)O)cc(C)c1C. The molecular formula is C14H20O3. The van der Waals surface area contributed by atoms with Crippen molar-refractivity contribution in [1.82, 2.24) is 0 Å². The first kappa shape index (κ1) is 13.6. The second-order valence-electron chi connectivity index (χ2n) is 5.16. The van der Waals surface area contributed by atoms with Crippen LogP contribution in [0.5, 0.6) is 5.75 Å². The molecule has 1 N–H and O–H groups in total.